The minimum atomic E-state index is -4.13. The molecule has 8 heteroatoms. The van der Waals surface area contributed by atoms with Crippen molar-refractivity contribution in [1.82, 2.24) is 4.72 Å². The molecule has 0 spiro atoms. The molecule has 0 unspecified atom stereocenters. The van der Waals surface area contributed by atoms with Crippen molar-refractivity contribution >= 4 is 33.1 Å². The normalized spacial score (nSPS) is 11.5. The maximum atomic E-state index is 13.4. The number of carbonyl (C=O) groups excluding carboxylic acids is 1. The molecule has 1 amide bonds. The Bertz CT molecular complexity index is 1560. The number of carbonyl (C=O) groups is 1. The Labute approximate surface area is 254 Å². The molecule has 0 saturated heterocycles. The highest BCUT2D eigenvalue weighted by Crippen LogP contribution is 2.37. The van der Waals surface area contributed by atoms with Crippen LogP contribution in [0.4, 0.5) is 10.5 Å². The molecular weight excluding hydrogens is 565 g/mol. The monoisotopic (exact) mass is 604 g/mol. The van der Waals surface area contributed by atoms with Crippen LogP contribution in [0.5, 0.6) is 0 Å². The summed E-state index contributed by atoms with van der Waals surface area (Å²) in [5, 5.41) is 0. The molecule has 222 valence electrons. The van der Waals surface area contributed by atoms with Crippen molar-refractivity contribution in [2.24, 2.45) is 5.92 Å². The third-order valence-corrected chi connectivity index (χ3v) is 9.78. The van der Waals surface area contributed by atoms with Gasteiger partial charge in [-0.15, -0.1) is 11.3 Å². The number of anilines is 1. The topological polar surface area (TPSA) is 75.7 Å². The number of unbranched alkanes of at least 4 members (excludes halogenated alkanes) is 1. The minimum Gasteiger partial charge on any atom is -0.449 e. The van der Waals surface area contributed by atoms with Crippen molar-refractivity contribution in [3.8, 4) is 11.1 Å². The van der Waals surface area contributed by atoms with Crippen LogP contribution in [0.2, 0.25) is 0 Å². The number of nitrogens with zero attached hydrogens (tertiary/aromatic N) is 1. The molecule has 0 aliphatic rings. The van der Waals surface area contributed by atoms with Gasteiger partial charge in [-0.1, -0.05) is 93.4 Å². The van der Waals surface area contributed by atoms with E-state index in [4.69, 9.17) is 4.74 Å². The smallest absolute Gasteiger partial charge is 0.421 e. The van der Waals surface area contributed by atoms with E-state index in [-0.39, 0.29) is 10.8 Å². The number of rotatable bonds is 13. The van der Waals surface area contributed by atoms with Crippen molar-refractivity contribution in [1.29, 1.82) is 0 Å². The summed E-state index contributed by atoms with van der Waals surface area (Å²) in [6, 6.07) is 28.8. The molecule has 4 aromatic rings. The van der Waals surface area contributed by atoms with E-state index in [0.29, 0.717) is 24.4 Å². The first-order valence-electron chi connectivity index (χ1n) is 14.4. The quantitative estimate of drug-likeness (QED) is 0.155. The molecule has 0 atom stereocenters. The van der Waals surface area contributed by atoms with Gasteiger partial charge in [-0.05, 0) is 66.6 Å². The van der Waals surface area contributed by atoms with Crippen LogP contribution in [0, 0.1) is 12.8 Å². The van der Waals surface area contributed by atoms with Gasteiger partial charge in [0.15, 0.2) is 0 Å². The minimum absolute atomic E-state index is 0.127. The summed E-state index contributed by atoms with van der Waals surface area (Å²) >= 11 is 1.21. The zero-order valence-electron chi connectivity index (χ0n) is 24.8. The molecular formula is C34H40N2O4S2. The first-order valence-corrected chi connectivity index (χ1v) is 16.7. The molecule has 1 N–H and O–H groups in total. The third kappa shape index (κ3) is 8.69. The number of amides is 1. The molecule has 3 aromatic carbocycles. The van der Waals surface area contributed by atoms with Gasteiger partial charge in [0.05, 0.1) is 6.61 Å². The molecule has 0 aliphatic carbocycles. The highest BCUT2D eigenvalue weighted by molar-refractivity contribution is 7.92. The van der Waals surface area contributed by atoms with Gasteiger partial charge in [-0.25, -0.2) is 17.9 Å². The fourth-order valence-corrected chi connectivity index (χ4v) is 7.52. The lowest BCUT2D eigenvalue weighted by molar-refractivity contribution is 0.151. The van der Waals surface area contributed by atoms with Crippen molar-refractivity contribution in [3.63, 3.8) is 0 Å². The van der Waals surface area contributed by atoms with Crippen LogP contribution in [0.1, 0.15) is 55.2 Å². The number of benzene rings is 3. The van der Waals surface area contributed by atoms with Gasteiger partial charge < -0.3 is 9.64 Å². The van der Waals surface area contributed by atoms with Gasteiger partial charge in [0.2, 0.25) is 0 Å². The second-order valence-corrected chi connectivity index (χ2v) is 14.0. The summed E-state index contributed by atoms with van der Waals surface area (Å²) < 4.78 is 34.2. The summed E-state index contributed by atoms with van der Waals surface area (Å²) in [4.78, 5) is 15.6. The van der Waals surface area contributed by atoms with Crippen molar-refractivity contribution < 1.29 is 17.9 Å². The van der Waals surface area contributed by atoms with Crippen molar-refractivity contribution in [2.75, 3.05) is 11.5 Å². The fourth-order valence-electron chi connectivity index (χ4n) is 4.68. The number of aryl methyl sites for hydroxylation is 1. The SMILES string of the molecule is CCCCOC(=O)NS(=O)(=O)c1sc(CC(C)C)cc1-c1cccc(CN(Cc2ccccc2)c2ccc(C)cc2)c1. The van der Waals surface area contributed by atoms with E-state index in [1.807, 2.05) is 49.4 Å². The number of hydrogen-bond donors (Lipinski definition) is 1. The maximum absolute atomic E-state index is 13.4. The van der Waals surface area contributed by atoms with Gasteiger partial charge in [0, 0.05) is 29.2 Å². The molecule has 6 nitrogen and oxygen atoms in total. The highest BCUT2D eigenvalue weighted by atomic mass is 32.2. The maximum Gasteiger partial charge on any atom is 0.421 e. The Hall–Kier alpha value is -3.62. The lowest BCUT2D eigenvalue weighted by Gasteiger charge is -2.26. The number of hydrogen-bond acceptors (Lipinski definition) is 6. The zero-order valence-corrected chi connectivity index (χ0v) is 26.4. The Kier molecular flexibility index (Phi) is 10.8. The summed E-state index contributed by atoms with van der Waals surface area (Å²) in [5.74, 6) is 0.353. The predicted octanol–water partition coefficient (Wildman–Crippen LogP) is 8.34. The number of sulfonamides is 1. The molecule has 0 radical (unpaired) electrons. The van der Waals surface area contributed by atoms with Crippen LogP contribution < -0.4 is 9.62 Å². The summed E-state index contributed by atoms with van der Waals surface area (Å²) in [5.41, 5.74) is 5.95. The summed E-state index contributed by atoms with van der Waals surface area (Å²) in [6.07, 6.45) is 1.31. The van der Waals surface area contributed by atoms with E-state index in [0.717, 1.165) is 41.1 Å². The Morgan fingerprint density at radius 3 is 2.31 bits per heavy atom. The van der Waals surface area contributed by atoms with Crippen LogP contribution in [-0.2, 0) is 34.3 Å². The van der Waals surface area contributed by atoms with E-state index >= 15 is 0 Å². The lowest BCUT2D eigenvalue weighted by Crippen LogP contribution is -2.31. The molecule has 0 bridgehead atoms. The second-order valence-electron chi connectivity index (χ2n) is 11.0. The Morgan fingerprint density at radius 1 is 0.929 bits per heavy atom. The van der Waals surface area contributed by atoms with E-state index in [1.165, 1.54) is 22.5 Å². The van der Waals surface area contributed by atoms with Crippen LogP contribution in [0.3, 0.4) is 0 Å². The van der Waals surface area contributed by atoms with Gasteiger partial charge >= 0.3 is 6.09 Å². The standard InChI is InChI=1S/C34H40N2O4S2/c1-5-6-19-40-34(37)35-42(38,39)33-32(22-31(41-33)20-25(2)3)29-14-10-13-28(21-29)24-36(23-27-11-8-7-9-12-27)30-17-15-26(4)16-18-30/h7-18,21-22,25H,5-6,19-20,23-24H2,1-4H3,(H,35,37). The number of nitrogens with one attached hydrogen (secondary N) is 1. The van der Waals surface area contributed by atoms with Gasteiger partial charge in [-0.3, -0.25) is 0 Å². The Morgan fingerprint density at radius 2 is 1.62 bits per heavy atom. The average Bonchev–Trinajstić information content (AvgIpc) is 3.38. The van der Waals surface area contributed by atoms with Crippen LogP contribution in [0.25, 0.3) is 11.1 Å². The molecule has 1 aromatic heterocycles. The zero-order chi connectivity index (χ0) is 30.1. The molecule has 0 fully saturated rings. The average molecular weight is 605 g/mol. The first kappa shape index (κ1) is 31.3. The van der Waals surface area contributed by atoms with Crippen LogP contribution >= 0.6 is 11.3 Å². The molecule has 42 heavy (non-hydrogen) atoms. The third-order valence-electron chi connectivity index (χ3n) is 6.78. The molecule has 0 aliphatic heterocycles. The predicted molar refractivity (Wildman–Crippen MR) is 172 cm³/mol. The number of ether oxygens (including phenoxy) is 1. The molecule has 0 saturated carbocycles. The fraction of sp³-hybridized carbons (Fsp3) is 0.324. The number of thiophene rings is 1. The summed E-state index contributed by atoms with van der Waals surface area (Å²) in [7, 11) is -4.13. The summed E-state index contributed by atoms with van der Waals surface area (Å²) in [6.45, 7) is 9.80. The van der Waals surface area contributed by atoms with E-state index in [1.54, 1.807) is 0 Å². The Balaban J connectivity index is 1.66. The van der Waals surface area contributed by atoms with Gasteiger partial charge in [0.25, 0.3) is 10.0 Å². The largest absolute Gasteiger partial charge is 0.449 e. The first-order chi connectivity index (χ1) is 20.1. The van der Waals surface area contributed by atoms with Crippen molar-refractivity contribution in [2.45, 2.75) is 64.3 Å². The second kappa shape index (κ2) is 14.5. The van der Waals surface area contributed by atoms with E-state index in [9.17, 15) is 13.2 Å². The van der Waals surface area contributed by atoms with Gasteiger partial charge in [-0.2, -0.15) is 0 Å². The van der Waals surface area contributed by atoms with Crippen LogP contribution in [0.15, 0.2) is 89.1 Å². The molecule has 4 rings (SSSR count). The lowest BCUT2D eigenvalue weighted by atomic mass is 10.0. The van der Waals surface area contributed by atoms with Crippen LogP contribution in [-0.4, -0.2) is 21.1 Å². The van der Waals surface area contributed by atoms with E-state index < -0.39 is 16.1 Å². The van der Waals surface area contributed by atoms with E-state index in [2.05, 4.69) is 72.9 Å². The highest BCUT2D eigenvalue weighted by Gasteiger charge is 2.26. The van der Waals surface area contributed by atoms with Crippen molar-refractivity contribution in [3.05, 3.63) is 106 Å². The molecule has 1 heterocycles. The van der Waals surface area contributed by atoms with Gasteiger partial charge in [0.1, 0.15) is 4.21 Å².